The summed E-state index contributed by atoms with van der Waals surface area (Å²) >= 11 is 0. The predicted octanol–water partition coefficient (Wildman–Crippen LogP) is 3.37. The van der Waals surface area contributed by atoms with Gasteiger partial charge in [0, 0.05) is 11.3 Å². The molecule has 2 rings (SSSR count). The van der Waals surface area contributed by atoms with Gasteiger partial charge in [-0.2, -0.15) is 0 Å². The number of carbonyl (C=O) groups is 1. The van der Waals surface area contributed by atoms with Gasteiger partial charge in [-0.25, -0.2) is 4.79 Å². The standard InChI is InChI=1S/C13H9N3O5/c17-13(18)10-7-4-8-11(16(19)20)12(10)21-15-14-9-5-2-1-3-6-9/h1-8H,(H,17,18). The van der Waals surface area contributed by atoms with Gasteiger partial charge >= 0.3 is 11.7 Å². The zero-order valence-electron chi connectivity index (χ0n) is 10.5. The summed E-state index contributed by atoms with van der Waals surface area (Å²) in [5.41, 5.74) is -0.397. The van der Waals surface area contributed by atoms with Gasteiger partial charge in [-0.15, -0.1) is 5.11 Å². The number of rotatable bonds is 5. The van der Waals surface area contributed by atoms with Gasteiger partial charge in [0.25, 0.3) is 5.75 Å². The summed E-state index contributed by atoms with van der Waals surface area (Å²) in [5.74, 6) is -1.82. The van der Waals surface area contributed by atoms with Gasteiger partial charge in [0.15, 0.2) is 0 Å². The molecule has 0 aliphatic heterocycles. The van der Waals surface area contributed by atoms with Crippen LogP contribution in [0.3, 0.4) is 0 Å². The maximum atomic E-state index is 11.1. The van der Waals surface area contributed by atoms with Crippen LogP contribution in [0.5, 0.6) is 5.75 Å². The van der Waals surface area contributed by atoms with E-state index in [0.717, 1.165) is 6.07 Å². The molecule has 0 amide bonds. The molecule has 0 unspecified atom stereocenters. The number of nitro benzene ring substituents is 1. The number of carboxylic acids is 1. The summed E-state index contributed by atoms with van der Waals surface area (Å²) in [6, 6.07) is 12.1. The molecule has 0 heterocycles. The Bertz CT molecular complexity index is 668. The monoisotopic (exact) mass is 287 g/mol. The summed E-state index contributed by atoms with van der Waals surface area (Å²) in [4.78, 5) is 26.0. The highest BCUT2D eigenvalue weighted by Crippen LogP contribution is 2.31. The van der Waals surface area contributed by atoms with Gasteiger partial charge in [0.05, 0.1) is 10.6 Å². The molecule has 2 aromatic carbocycles. The number of para-hydroxylation sites is 1. The van der Waals surface area contributed by atoms with Crippen LogP contribution < -0.4 is 4.84 Å². The first-order chi connectivity index (χ1) is 10.1. The molecule has 106 valence electrons. The number of hydrogen-bond donors (Lipinski definition) is 1. The second-order valence-corrected chi connectivity index (χ2v) is 3.82. The van der Waals surface area contributed by atoms with Crippen molar-refractivity contribution in [3.8, 4) is 5.75 Å². The van der Waals surface area contributed by atoms with Crippen molar-refractivity contribution in [3.05, 3.63) is 64.2 Å². The van der Waals surface area contributed by atoms with E-state index in [0.29, 0.717) is 5.69 Å². The van der Waals surface area contributed by atoms with E-state index in [1.54, 1.807) is 30.3 Å². The van der Waals surface area contributed by atoms with Crippen LogP contribution in [0.25, 0.3) is 0 Å². The molecule has 8 nitrogen and oxygen atoms in total. The van der Waals surface area contributed by atoms with E-state index in [-0.39, 0.29) is 5.56 Å². The van der Waals surface area contributed by atoms with Crippen molar-refractivity contribution in [2.75, 3.05) is 0 Å². The van der Waals surface area contributed by atoms with E-state index < -0.39 is 22.3 Å². The minimum Gasteiger partial charge on any atom is -0.478 e. The topological polar surface area (TPSA) is 114 Å². The number of benzene rings is 2. The third-order valence-corrected chi connectivity index (χ3v) is 2.47. The van der Waals surface area contributed by atoms with E-state index in [2.05, 4.69) is 10.4 Å². The average molecular weight is 287 g/mol. The molecule has 0 radical (unpaired) electrons. The quantitative estimate of drug-likeness (QED) is 0.514. The number of carboxylic acid groups (broad SMARTS) is 1. The van der Waals surface area contributed by atoms with Crippen molar-refractivity contribution in [3.63, 3.8) is 0 Å². The summed E-state index contributed by atoms with van der Waals surface area (Å²) < 4.78 is 0. The summed E-state index contributed by atoms with van der Waals surface area (Å²) in [5, 5.41) is 26.9. The first-order valence-corrected chi connectivity index (χ1v) is 5.73. The summed E-state index contributed by atoms with van der Waals surface area (Å²) in [6.45, 7) is 0. The minimum atomic E-state index is -1.36. The molecule has 0 spiro atoms. The predicted molar refractivity (Wildman–Crippen MR) is 71.6 cm³/mol. The van der Waals surface area contributed by atoms with E-state index in [9.17, 15) is 14.9 Å². The lowest BCUT2D eigenvalue weighted by Crippen LogP contribution is -2.02. The van der Waals surface area contributed by atoms with Crippen molar-refractivity contribution >= 4 is 17.3 Å². The van der Waals surface area contributed by atoms with Gasteiger partial charge in [0.1, 0.15) is 5.56 Å². The second-order valence-electron chi connectivity index (χ2n) is 3.82. The van der Waals surface area contributed by atoms with Gasteiger partial charge in [0.2, 0.25) is 0 Å². The molecule has 2 aromatic rings. The molecule has 0 aromatic heterocycles. The highest BCUT2D eigenvalue weighted by Gasteiger charge is 2.23. The summed E-state index contributed by atoms with van der Waals surface area (Å²) in [7, 11) is 0. The largest absolute Gasteiger partial charge is 0.478 e. The Morgan fingerprint density at radius 3 is 2.48 bits per heavy atom. The lowest BCUT2D eigenvalue weighted by atomic mass is 10.2. The fraction of sp³-hybridized carbons (Fsp3) is 0. The van der Waals surface area contributed by atoms with E-state index in [4.69, 9.17) is 9.94 Å². The normalized spacial score (nSPS) is 10.5. The highest BCUT2D eigenvalue weighted by atomic mass is 16.7. The van der Waals surface area contributed by atoms with Crippen LogP contribution >= 0.6 is 0 Å². The SMILES string of the molecule is O=C(O)c1cccc([N+](=O)[O-])c1ON=Nc1ccccc1. The number of aromatic carboxylic acids is 1. The molecule has 8 heteroatoms. The highest BCUT2D eigenvalue weighted by molar-refractivity contribution is 5.92. The maximum absolute atomic E-state index is 11.1. The molecule has 21 heavy (non-hydrogen) atoms. The Balaban J connectivity index is 2.32. The van der Waals surface area contributed by atoms with Crippen LogP contribution in [0.15, 0.2) is 58.9 Å². The Morgan fingerprint density at radius 1 is 1.14 bits per heavy atom. The molecular weight excluding hydrogens is 278 g/mol. The third kappa shape index (κ3) is 3.38. The van der Waals surface area contributed by atoms with Gasteiger partial charge in [-0.1, -0.05) is 24.3 Å². The van der Waals surface area contributed by atoms with E-state index >= 15 is 0 Å². The Labute approximate surface area is 118 Å². The average Bonchev–Trinajstić information content (AvgIpc) is 2.48. The number of hydrogen-bond acceptors (Lipinski definition) is 6. The molecule has 0 fully saturated rings. The fourth-order valence-electron chi connectivity index (χ4n) is 1.54. The first kappa shape index (κ1) is 14.1. The third-order valence-electron chi connectivity index (χ3n) is 2.47. The molecule has 0 aliphatic carbocycles. The Morgan fingerprint density at radius 2 is 1.86 bits per heavy atom. The molecule has 0 saturated heterocycles. The Hall–Kier alpha value is -3.29. The number of nitro groups is 1. The summed E-state index contributed by atoms with van der Waals surface area (Å²) in [6.07, 6.45) is 0. The second kappa shape index (κ2) is 6.24. The van der Waals surface area contributed by atoms with E-state index in [1.807, 2.05) is 0 Å². The van der Waals surface area contributed by atoms with Crippen LogP contribution in [-0.4, -0.2) is 16.0 Å². The Kier molecular flexibility index (Phi) is 4.20. The molecule has 0 saturated carbocycles. The zero-order valence-corrected chi connectivity index (χ0v) is 10.5. The zero-order chi connectivity index (χ0) is 15.2. The van der Waals surface area contributed by atoms with Crippen LogP contribution in [-0.2, 0) is 0 Å². The van der Waals surface area contributed by atoms with Crippen molar-refractivity contribution in [2.24, 2.45) is 10.4 Å². The number of nitrogens with zero attached hydrogens (tertiary/aromatic N) is 3. The lowest BCUT2D eigenvalue weighted by molar-refractivity contribution is -0.386. The first-order valence-electron chi connectivity index (χ1n) is 5.73. The van der Waals surface area contributed by atoms with Gasteiger partial charge < -0.3 is 9.94 Å². The van der Waals surface area contributed by atoms with Crippen LogP contribution in [0, 0.1) is 10.1 Å². The van der Waals surface area contributed by atoms with Crippen LogP contribution in [0.4, 0.5) is 11.4 Å². The smallest absolute Gasteiger partial charge is 0.339 e. The van der Waals surface area contributed by atoms with Gasteiger partial charge in [-0.3, -0.25) is 10.1 Å². The molecular formula is C13H9N3O5. The van der Waals surface area contributed by atoms with Crippen molar-refractivity contribution in [1.82, 2.24) is 0 Å². The molecule has 0 bridgehead atoms. The van der Waals surface area contributed by atoms with Crippen LogP contribution in [0.2, 0.25) is 0 Å². The van der Waals surface area contributed by atoms with Crippen molar-refractivity contribution < 1.29 is 19.7 Å². The fourth-order valence-corrected chi connectivity index (χ4v) is 1.54. The van der Waals surface area contributed by atoms with E-state index in [1.165, 1.54) is 12.1 Å². The van der Waals surface area contributed by atoms with Gasteiger partial charge in [-0.05, 0) is 18.2 Å². The van der Waals surface area contributed by atoms with Crippen molar-refractivity contribution in [1.29, 1.82) is 0 Å². The molecule has 0 atom stereocenters. The van der Waals surface area contributed by atoms with Crippen molar-refractivity contribution in [2.45, 2.75) is 0 Å². The molecule has 0 aliphatic rings. The maximum Gasteiger partial charge on any atom is 0.339 e. The van der Waals surface area contributed by atoms with Crippen LogP contribution in [0.1, 0.15) is 10.4 Å². The lowest BCUT2D eigenvalue weighted by Gasteiger charge is -2.03. The molecule has 1 N–H and O–H groups in total. The minimum absolute atomic E-state index is 0.365.